The second kappa shape index (κ2) is 5.40. The van der Waals surface area contributed by atoms with Gasteiger partial charge in [-0.25, -0.2) is 9.97 Å². The number of aromatic amines is 1. The van der Waals surface area contributed by atoms with Crippen molar-refractivity contribution in [3.8, 4) is 11.3 Å². The van der Waals surface area contributed by atoms with E-state index in [1.54, 1.807) is 6.20 Å². The standard InChI is InChI=1S/C15H20N6O/c1-9(2)6-20-7-11(5-17-20)13-12(10(3)4)14(22)21-15(19-13)16-8-18-21/h5,7-10H,6H2,1-4H3,(H,16,18,19). The topological polar surface area (TPSA) is 80.9 Å². The summed E-state index contributed by atoms with van der Waals surface area (Å²) in [7, 11) is 0. The molecule has 0 saturated carbocycles. The smallest absolute Gasteiger partial charge is 0.278 e. The second-order valence-corrected chi connectivity index (χ2v) is 6.20. The van der Waals surface area contributed by atoms with Crippen molar-refractivity contribution in [3.05, 3.63) is 34.6 Å². The van der Waals surface area contributed by atoms with Crippen LogP contribution >= 0.6 is 0 Å². The van der Waals surface area contributed by atoms with Crippen LogP contribution in [0.4, 0.5) is 0 Å². The highest BCUT2D eigenvalue weighted by atomic mass is 16.1. The second-order valence-electron chi connectivity index (χ2n) is 6.20. The third-order valence-electron chi connectivity index (χ3n) is 3.50. The predicted octanol–water partition coefficient (Wildman–Crippen LogP) is 2.06. The Hall–Kier alpha value is -2.44. The Morgan fingerprint density at radius 1 is 1.27 bits per heavy atom. The summed E-state index contributed by atoms with van der Waals surface area (Å²) in [6.45, 7) is 9.09. The lowest BCUT2D eigenvalue weighted by Gasteiger charge is -2.09. The molecule has 7 nitrogen and oxygen atoms in total. The number of nitrogens with one attached hydrogen (secondary N) is 1. The molecular formula is C15H20N6O. The molecule has 1 N–H and O–H groups in total. The minimum Gasteiger partial charge on any atom is -0.278 e. The van der Waals surface area contributed by atoms with Crippen molar-refractivity contribution in [2.45, 2.75) is 40.2 Å². The molecule has 0 atom stereocenters. The lowest BCUT2D eigenvalue weighted by Crippen LogP contribution is -2.22. The van der Waals surface area contributed by atoms with Gasteiger partial charge in [0.25, 0.3) is 11.3 Å². The zero-order valence-corrected chi connectivity index (χ0v) is 13.2. The van der Waals surface area contributed by atoms with E-state index < -0.39 is 0 Å². The van der Waals surface area contributed by atoms with Crippen LogP contribution in [-0.2, 0) is 6.54 Å². The van der Waals surface area contributed by atoms with Gasteiger partial charge in [-0.3, -0.25) is 14.6 Å². The van der Waals surface area contributed by atoms with Crippen LogP contribution in [0.1, 0.15) is 39.2 Å². The monoisotopic (exact) mass is 300 g/mol. The van der Waals surface area contributed by atoms with Crippen molar-refractivity contribution in [3.63, 3.8) is 0 Å². The maximum Gasteiger partial charge on any atom is 0.278 e. The summed E-state index contributed by atoms with van der Waals surface area (Å²) in [5.41, 5.74) is 2.09. The van der Waals surface area contributed by atoms with Crippen molar-refractivity contribution < 1.29 is 0 Å². The summed E-state index contributed by atoms with van der Waals surface area (Å²) >= 11 is 0. The summed E-state index contributed by atoms with van der Waals surface area (Å²) in [6, 6.07) is 0. The van der Waals surface area contributed by atoms with Crippen LogP contribution in [0.3, 0.4) is 0 Å². The highest BCUT2D eigenvalue weighted by molar-refractivity contribution is 5.63. The van der Waals surface area contributed by atoms with Gasteiger partial charge in [0.2, 0.25) is 0 Å². The van der Waals surface area contributed by atoms with Gasteiger partial charge >= 0.3 is 0 Å². The Morgan fingerprint density at radius 2 is 2.05 bits per heavy atom. The molecule has 0 spiro atoms. The molecule has 0 saturated heterocycles. The Morgan fingerprint density at radius 3 is 2.73 bits per heavy atom. The molecule has 0 aromatic carbocycles. The molecule has 0 aliphatic heterocycles. The van der Waals surface area contributed by atoms with Crippen molar-refractivity contribution in [1.29, 1.82) is 0 Å². The van der Waals surface area contributed by atoms with Gasteiger partial charge in [0, 0.05) is 23.9 Å². The van der Waals surface area contributed by atoms with E-state index in [1.165, 1.54) is 10.8 Å². The van der Waals surface area contributed by atoms with Crippen LogP contribution < -0.4 is 5.56 Å². The average molecular weight is 300 g/mol. The molecule has 0 aliphatic rings. The minimum absolute atomic E-state index is 0.0589. The van der Waals surface area contributed by atoms with E-state index in [1.807, 2.05) is 24.7 Å². The van der Waals surface area contributed by atoms with Crippen LogP contribution in [0.25, 0.3) is 17.0 Å². The van der Waals surface area contributed by atoms with Gasteiger partial charge in [0.1, 0.15) is 6.33 Å². The normalized spacial score (nSPS) is 11.9. The molecule has 0 radical (unpaired) electrons. The fraction of sp³-hybridized carbons (Fsp3) is 0.467. The number of hydrogen-bond donors (Lipinski definition) is 1. The average Bonchev–Trinajstić information content (AvgIpc) is 3.05. The molecule has 3 heterocycles. The third kappa shape index (κ3) is 2.43. The number of aromatic nitrogens is 6. The number of fused-ring (bicyclic) bond motifs is 1. The first kappa shape index (κ1) is 14.5. The van der Waals surface area contributed by atoms with Crippen LogP contribution in [0.15, 0.2) is 23.5 Å². The largest absolute Gasteiger partial charge is 0.278 e. The maximum absolute atomic E-state index is 12.6. The van der Waals surface area contributed by atoms with E-state index in [4.69, 9.17) is 0 Å². The van der Waals surface area contributed by atoms with Crippen LogP contribution in [-0.4, -0.2) is 29.4 Å². The molecule has 7 heteroatoms. The van der Waals surface area contributed by atoms with Crippen molar-refractivity contribution in [2.75, 3.05) is 0 Å². The number of H-pyrrole nitrogens is 1. The number of nitrogens with zero attached hydrogens (tertiary/aromatic N) is 5. The first-order valence-electron chi connectivity index (χ1n) is 7.46. The molecular weight excluding hydrogens is 280 g/mol. The third-order valence-corrected chi connectivity index (χ3v) is 3.50. The highest BCUT2D eigenvalue weighted by Gasteiger charge is 2.19. The Bertz CT molecular complexity index is 854. The van der Waals surface area contributed by atoms with Crippen molar-refractivity contribution in [1.82, 2.24) is 29.4 Å². The lowest BCUT2D eigenvalue weighted by atomic mass is 10.00. The van der Waals surface area contributed by atoms with Gasteiger partial charge in [-0.2, -0.15) is 9.61 Å². The van der Waals surface area contributed by atoms with Crippen molar-refractivity contribution in [2.24, 2.45) is 5.92 Å². The summed E-state index contributed by atoms with van der Waals surface area (Å²) < 4.78 is 3.26. The van der Waals surface area contributed by atoms with Gasteiger partial charge < -0.3 is 0 Å². The Labute approximate surface area is 128 Å². The van der Waals surface area contributed by atoms with Gasteiger partial charge in [-0.15, -0.1) is 0 Å². The van der Waals surface area contributed by atoms with Gasteiger partial charge in [0.15, 0.2) is 0 Å². The van der Waals surface area contributed by atoms with Crippen molar-refractivity contribution >= 4 is 5.78 Å². The van der Waals surface area contributed by atoms with E-state index in [2.05, 4.69) is 34.0 Å². The minimum atomic E-state index is -0.107. The Kier molecular flexibility index (Phi) is 3.56. The number of rotatable bonds is 4. The van der Waals surface area contributed by atoms with Crippen LogP contribution in [0, 0.1) is 5.92 Å². The summed E-state index contributed by atoms with van der Waals surface area (Å²) in [4.78, 5) is 21.3. The molecule has 3 aromatic heterocycles. The maximum atomic E-state index is 12.6. The molecule has 116 valence electrons. The summed E-state index contributed by atoms with van der Waals surface area (Å²) in [5.74, 6) is 0.939. The van der Waals surface area contributed by atoms with Crippen LogP contribution in [0.5, 0.6) is 0 Å². The summed E-state index contributed by atoms with van der Waals surface area (Å²) in [6.07, 6.45) is 5.18. The number of hydrogen-bond acceptors (Lipinski definition) is 4. The lowest BCUT2D eigenvalue weighted by molar-refractivity contribution is 0.483. The summed E-state index contributed by atoms with van der Waals surface area (Å²) in [5, 5.41) is 7.17. The molecule has 3 aromatic rings. The molecule has 0 unspecified atom stereocenters. The van der Waals surface area contributed by atoms with E-state index in [-0.39, 0.29) is 11.5 Å². The van der Waals surface area contributed by atoms with E-state index >= 15 is 0 Å². The van der Waals surface area contributed by atoms with E-state index in [0.29, 0.717) is 23.0 Å². The van der Waals surface area contributed by atoms with Gasteiger partial charge in [-0.05, 0) is 11.8 Å². The van der Waals surface area contributed by atoms with Gasteiger partial charge in [-0.1, -0.05) is 27.7 Å². The SMILES string of the molecule is CC(C)Cn1cc(-c2nc3nc[nH]n3c(=O)c2C(C)C)cn1. The molecule has 22 heavy (non-hydrogen) atoms. The molecule has 0 aliphatic carbocycles. The first-order chi connectivity index (χ1) is 10.5. The molecule has 0 amide bonds. The first-order valence-corrected chi connectivity index (χ1v) is 7.46. The molecule has 0 bridgehead atoms. The van der Waals surface area contributed by atoms with E-state index in [0.717, 1.165) is 12.1 Å². The van der Waals surface area contributed by atoms with E-state index in [9.17, 15) is 4.79 Å². The Balaban J connectivity index is 2.18. The fourth-order valence-corrected chi connectivity index (χ4v) is 2.57. The predicted molar refractivity (Wildman–Crippen MR) is 83.8 cm³/mol. The highest BCUT2D eigenvalue weighted by Crippen LogP contribution is 2.24. The molecule has 3 rings (SSSR count). The van der Waals surface area contributed by atoms with Gasteiger partial charge in [0.05, 0.1) is 11.9 Å². The quantitative estimate of drug-likeness (QED) is 0.799. The fourth-order valence-electron chi connectivity index (χ4n) is 2.57. The zero-order valence-electron chi connectivity index (χ0n) is 13.2. The molecule has 0 fully saturated rings. The zero-order chi connectivity index (χ0) is 15.9. The van der Waals surface area contributed by atoms with Crippen LogP contribution in [0.2, 0.25) is 0 Å².